The molecule has 1 fully saturated rings. The summed E-state index contributed by atoms with van der Waals surface area (Å²) in [6, 6.07) is 12.5. The van der Waals surface area contributed by atoms with Crippen molar-refractivity contribution >= 4 is 17.7 Å². The van der Waals surface area contributed by atoms with Gasteiger partial charge in [-0.1, -0.05) is 37.8 Å². The van der Waals surface area contributed by atoms with Crippen molar-refractivity contribution in [2.75, 3.05) is 12.4 Å². The third kappa shape index (κ3) is 4.74. The number of anilines is 1. The Kier molecular flexibility index (Phi) is 6.38. The lowest BCUT2D eigenvalue weighted by atomic mass is 9.87. The lowest BCUT2D eigenvalue weighted by molar-refractivity contribution is -0.118. The maximum absolute atomic E-state index is 13.0. The van der Waals surface area contributed by atoms with Gasteiger partial charge in [-0.3, -0.25) is 4.79 Å². The SMILES string of the molecule is COC(=O)c1ccc(NC(=O)C(CC2CCCC2)c2ccc(C#N)cc2)nc1. The second kappa shape index (κ2) is 9.14. The van der Waals surface area contributed by atoms with Crippen LogP contribution in [-0.2, 0) is 9.53 Å². The number of benzene rings is 1. The van der Waals surface area contributed by atoms with Crippen LogP contribution in [0.25, 0.3) is 0 Å². The average molecular weight is 377 g/mol. The zero-order chi connectivity index (χ0) is 19.9. The van der Waals surface area contributed by atoms with Crippen LogP contribution in [0.4, 0.5) is 5.82 Å². The predicted octanol–water partition coefficient (Wildman–Crippen LogP) is 4.04. The van der Waals surface area contributed by atoms with Crippen molar-refractivity contribution < 1.29 is 14.3 Å². The molecule has 1 aliphatic carbocycles. The van der Waals surface area contributed by atoms with E-state index in [1.165, 1.54) is 26.1 Å². The largest absolute Gasteiger partial charge is 0.465 e. The van der Waals surface area contributed by atoms with Crippen LogP contribution in [0.15, 0.2) is 42.6 Å². The fourth-order valence-electron chi connectivity index (χ4n) is 3.68. The molecule has 2 aromatic rings. The van der Waals surface area contributed by atoms with E-state index in [1.807, 2.05) is 12.1 Å². The number of ether oxygens (including phenoxy) is 1. The highest BCUT2D eigenvalue weighted by Crippen LogP contribution is 2.35. The summed E-state index contributed by atoms with van der Waals surface area (Å²) >= 11 is 0. The van der Waals surface area contributed by atoms with Crippen molar-refractivity contribution in [3.05, 3.63) is 59.3 Å². The second-order valence-corrected chi connectivity index (χ2v) is 7.09. The Morgan fingerprint density at radius 2 is 1.93 bits per heavy atom. The molecule has 1 aromatic heterocycles. The molecule has 1 atom stereocenters. The van der Waals surface area contributed by atoms with Crippen LogP contribution in [0.3, 0.4) is 0 Å². The Labute approximate surface area is 164 Å². The fraction of sp³-hybridized carbons (Fsp3) is 0.364. The van der Waals surface area contributed by atoms with Crippen molar-refractivity contribution in [1.29, 1.82) is 5.26 Å². The van der Waals surface area contributed by atoms with Gasteiger partial charge in [0.1, 0.15) is 5.82 Å². The molecule has 6 heteroatoms. The zero-order valence-electron chi connectivity index (χ0n) is 15.9. The fourth-order valence-corrected chi connectivity index (χ4v) is 3.68. The summed E-state index contributed by atoms with van der Waals surface area (Å²) in [5, 5.41) is 11.9. The van der Waals surface area contributed by atoms with Gasteiger partial charge in [-0.25, -0.2) is 9.78 Å². The summed E-state index contributed by atoms with van der Waals surface area (Å²) in [4.78, 5) is 28.7. The first-order chi connectivity index (χ1) is 13.6. The molecule has 1 unspecified atom stereocenters. The van der Waals surface area contributed by atoms with Crippen molar-refractivity contribution in [1.82, 2.24) is 4.98 Å². The third-order valence-corrected chi connectivity index (χ3v) is 5.24. The van der Waals surface area contributed by atoms with Gasteiger partial charge < -0.3 is 10.1 Å². The Hall–Kier alpha value is -3.20. The molecule has 1 amide bonds. The molecule has 1 aromatic carbocycles. The first kappa shape index (κ1) is 19.6. The summed E-state index contributed by atoms with van der Waals surface area (Å²) in [5.41, 5.74) is 1.80. The minimum absolute atomic E-state index is 0.130. The second-order valence-electron chi connectivity index (χ2n) is 7.09. The van der Waals surface area contributed by atoms with E-state index in [4.69, 9.17) is 5.26 Å². The maximum Gasteiger partial charge on any atom is 0.339 e. The standard InChI is InChI=1S/C22H23N3O3/c1-28-22(27)18-10-11-20(24-14-18)25-21(26)19(12-15-4-2-3-5-15)17-8-6-16(13-23)7-9-17/h6-11,14-15,19H,2-5,12H2,1H3,(H,24,25,26). The third-order valence-electron chi connectivity index (χ3n) is 5.24. The Balaban J connectivity index is 1.77. The summed E-state index contributed by atoms with van der Waals surface area (Å²) in [6.45, 7) is 0. The summed E-state index contributed by atoms with van der Waals surface area (Å²) in [6.07, 6.45) is 6.87. The monoisotopic (exact) mass is 377 g/mol. The van der Waals surface area contributed by atoms with Crippen LogP contribution in [-0.4, -0.2) is 24.0 Å². The number of carbonyl (C=O) groups is 2. The summed E-state index contributed by atoms with van der Waals surface area (Å²) < 4.78 is 4.66. The van der Waals surface area contributed by atoms with Crippen LogP contribution >= 0.6 is 0 Å². The molecule has 0 saturated heterocycles. The van der Waals surface area contributed by atoms with E-state index in [-0.39, 0.29) is 11.8 Å². The van der Waals surface area contributed by atoms with E-state index in [9.17, 15) is 9.59 Å². The van der Waals surface area contributed by atoms with Gasteiger partial charge >= 0.3 is 5.97 Å². The summed E-state index contributed by atoms with van der Waals surface area (Å²) in [5.74, 6) is 0.0127. The normalized spacial score (nSPS) is 14.9. The molecular formula is C22H23N3O3. The molecule has 144 valence electrons. The molecular weight excluding hydrogens is 354 g/mol. The number of aromatic nitrogens is 1. The van der Waals surface area contributed by atoms with Gasteiger partial charge in [0, 0.05) is 6.20 Å². The Bertz CT molecular complexity index is 863. The Morgan fingerprint density at radius 1 is 1.21 bits per heavy atom. The highest BCUT2D eigenvalue weighted by atomic mass is 16.5. The quantitative estimate of drug-likeness (QED) is 0.767. The van der Waals surface area contributed by atoms with E-state index >= 15 is 0 Å². The number of hydrogen-bond donors (Lipinski definition) is 1. The molecule has 3 rings (SSSR count). The molecule has 0 aliphatic heterocycles. The number of carbonyl (C=O) groups excluding carboxylic acids is 2. The Morgan fingerprint density at radius 3 is 2.50 bits per heavy atom. The molecule has 0 spiro atoms. The van der Waals surface area contributed by atoms with E-state index in [0.29, 0.717) is 22.9 Å². The van der Waals surface area contributed by atoms with Gasteiger partial charge in [0.25, 0.3) is 0 Å². The molecule has 1 heterocycles. The lowest BCUT2D eigenvalue weighted by Crippen LogP contribution is -2.23. The molecule has 1 N–H and O–H groups in total. The van der Waals surface area contributed by atoms with E-state index in [2.05, 4.69) is 21.1 Å². The summed E-state index contributed by atoms with van der Waals surface area (Å²) in [7, 11) is 1.31. The van der Waals surface area contributed by atoms with Crippen molar-refractivity contribution in [2.45, 2.75) is 38.0 Å². The van der Waals surface area contributed by atoms with E-state index < -0.39 is 5.97 Å². The number of esters is 1. The number of nitrogens with zero attached hydrogens (tertiary/aromatic N) is 2. The highest BCUT2D eigenvalue weighted by Gasteiger charge is 2.27. The van der Waals surface area contributed by atoms with Gasteiger partial charge in [0.05, 0.1) is 30.2 Å². The van der Waals surface area contributed by atoms with Crippen LogP contribution in [0.1, 0.15) is 59.5 Å². The zero-order valence-corrected chi connectivity index (χ0v) is 15.9. The number of pyridine rings is 1. The van der Waals surface area contributed by atoms with Gasteiger partial charge in [-0.15, -0.1) is 0 Å². The van der Waals surface area contributed by atoms with Gasteiger partial charge in [-0.2, -0.15) is 5.26 Å². The van der Waals surface area contributed by atoms with Gasteiger partial charge in [0.15, 0.2) is 0 Å². The predicted molar refractivity (Wildman–Crippen MR) is 105 cm³/mol. The van der Waals surface area contributed by atoms with E-state index in [1.54, 1.807) is 24.3 Å². The molecule has 0 bridgehead atoms. The number of amides is 1. The lowest BCUT2D eigenvalue weighted by Gasteiger charge is -2.20. The minimum atomic E-state index is -0.470. The average Bonchev–Trinajstić information content (AvgIpc) is 3.25. The van der Waals surface area contributed by atoms with Crippen LogP contribution in [0, 0.1) is 17.2 Å². The van der Waals surface area contributed by atoms with Crippen LogP contribution < -0.4 is 5.32 Å². The molecule has 28 heavy (non-hydrogen) atoms. The first-order valence-corrected chi connectivity index (χ1v) is 9.46. The van der Waals surface area contributed by atoms with Gasteiger partial charge in [-0.05, 0) is 42.2 Å². The van der Waals surface area contributed by atoms with Crippen molar-refractivity contribution in [2.24, 2.45) is 5.92 Å². The van der Waals surface area contributed by atoms with Crippen molar-refractivity contribution in [3.8, 4) is 6.07 Å². The topological polar surface area (TPSA) is 92.1 Å². The number of hydrogen-bond acceptors (Lipinski definition) is 5. The molecule has 6 nitrogen and oxygen atoms in total. The van der Waals surface area contributed by atoms with Gasteiger partial charge in [0.2, 0.25) is 5.91 Å². The molecule has 1 saturated carbocycles. The van der Waals surface area contributed by atoms with Crippen LogP contribution in [0.5, 0.6) is 0 Å². The van der Waals surface area contributed by atoms with Crippen LogP contribution in [0.2, 0.25) is 0 Å². The first-order valence-electron chi connectivity index (χ1n) is 9.46. The number of methoxy groups -OCH3 is 1. The smallest absolute Gasteiger partial charge is 0.339 e. The molecule has 0 radical (unpaired) electrons. The van der Waals surface area contributed by atoms with E-state index in [0.717, 1.165) is 24.8 Å². The number of rotatable bonds is 6. The number of nitriles is 1. The highest BCUT2D eigenvalue weighted by molar-refractivity contribution is 5.95. The minimum Gasteiger partial charge on any atom is -0.465 e. The maximum atomic E-state index is 13.0. The number of nitrogens with one attached hydrogen (secondary N) is 1. The molecule has 1 aliphatic rings. The van der Waals surface area contributed by atoms with Crippen molar-refractivity contribution in [3.63, 3.8) is 0 Å².